The van der Waals surface area contributed by atoms with Gasteiger partial charge in [0, 0.05) is 19.6 Å². The SMILES string of the molecule is Cc1ccc(F)c(C(=O)N2CCOC(CN(C)CC(=O)O)C2)c1. The molecule has 0 saturated carbocycles. The second-order valence-corrected chi connectivity index (χ2v) is 5.82. The molecule has 1 unspecified atom stereocenters. The lowest BCUT2D eigenvalue weighted by Crippen LogP contribution is -2.49. The van der Waals surface area contributed by atoms with Gasteiger partial charge >= 0.3 is 5.97 Å². The van der Waals surface area contributed by atoms with Crippen LogP contribution in [-0.4, -0.2) is 72.7 Å². The number of carboxylic acids is 1. The second kappa shape index (κ2) is 7.52. The molecule has 1 N–H and O–H groups in total. The molecule has 23 heavy (non-hydrogen) atoms. The second-order valence-electron chi connectivity index (χ2n) is 5.82. The summed E-state index contributed by atoms with van der Waals surface area (Å²) in [5.74, 6) is -1.81. The Bertz CT molecular complexity index is 593. The molecule has 2 rings (SSSR count). The van der Waals surface area contributed by atoms with Crippen molar-refractivity contribution >= 4 is 11.9 Å². The van der Waals surface area contributed by atoms with Crippen LogP contribution >= 0.6 is 0 Å². The lowest BCUT2D eigenvalue weighted by molar-refractivity contribution is -0.138. The standard InChI is InChI=1S/C16H21FN2O4/c1-11-3-4-14(17)13(7-11)16(22)19-5-6-23-12(9-19)8-18(2)10-15(20)21/h3-4,7,12H,5-6,8-10H2,1-2H3,(H,20,21). The van der Waals surface area contributed by atoms with Crippen LogP contribution in [0.4, 0.5) is 4.39 Å². The highest BCUT2D eigenvalue weighted by Crippen LogP contribution is 2.15. The van der Waals surface area contributed by atoms with Gasteiger partial charge in [-0.05, 0) is 26.1 Å². The molecule has 6 nitrogen and oxygen atoms in total. The Labute approximate surface area is 134 Å². The van der Waals surface area contributed by atoms with E-state index in [4.69, 9.17) is 9.84 Å². The number of carbonyl (C=O) groups excluding carboxylic acids is 1. The third kappa shape index (κ3) is 4.74. The van der Waals surface area contributed by atoms with Gasteiger partial charge in [0.05, 0.1) is 24.8 Å². The van der Waals surface area contributed by atoms with E-state index in [1.54, 1.807) is 35.9 Å². The van der Waals surface area contributed by atoms with Crippen molar-refractivity contribution in [3.8, 4) is 0 Å². The van der Waals surface area contributed by atoms with E-state index in [2.05, 4.69) is 0 Å². The van der Waals surface area contributed by atoms with E-state index in [9.17, 15) is 14.0 Å². The number of carboxylic acid groups (broad SMARTS) is 1. The van der Waals surface area contributed by atoms with Crippen molar-refractivity contribution in [2.45, 2.75) is 13.0 Å². The van der Waals surface area contributed by atoms with Gasteiger partial charge in [0.1, 0.15) is 5.82 Å². The molecule has 1 atom stereocenters. The molecule has 0 aliphatic carbocycles. The number of hydrogen-bond acceptors (Lipinski definition) is 4. The number of halogens is 1. The maximum atomic E-state index is 13.9. The van der Waals surface area contributed by atoms with Crippen LogP contribution in [0.3, 0.4) is 0 Å². The van der Waals surface area contributed by atoms with Gasteiger partial charge in [-0.2, -0.15) is 0 Å². The average Bonchev–Trinajstić information content (AvgIpc) is 2.48. The minimum Gasteiger partial charge on any atom is -0.480 e. The monoisotopic (exact) mass is 324 g/mol. The number of benzene rings is 1. The van der Waals surface area contributed by atoms with Crippen LogP contribution in [0.25, 0.3) is 0 Å². The molecule has 1 amide bonds. The summed E-state index contributed by atoms with van der Waals surface area (Å²) in [7, 11) is 1.68. The van der Waals surface area contributed by atoms with Crippen molar-refractivity contribution in [3.63, 3.8) is 0 Å². The maximum Gasteiger partial charge on any atom is 0.317 e. The molecule has 1 aliphatic heterocycles. The van der Waals surface area contributed by atoms with E-state index in [-0.39, 0.29) is 24.1 Å². The zero-order valence-corrected chi connectivity index (χ0v) is 13.3. The van der Waals surface area contributed by atoms with Crippen LogP contribution < -0.4 is 0 Å². The third-order valence-electron chi connectivity index (χ3n) is 3.70. The number of hydrogen-bond donors (Lipinski definition) is 1. The minimum atomic E-state index is -0.918. The van der Waals surface area contributed by atoms with Crippen molar-refractivity contribution < 1.29 is 23.8 Å². The first kappa shape index (κ1) is 17.4. The average molecular weight is 324 g/mol. The molecule has 0 bridgehead atoms. The van der Waals surface area contributed by atoms with Crippen LogP contribution in [0.15, 0.2) is 18.2 Å². The van der Waals surface area contributed by atoms with Gasteiger partial charge in [0.15, 0.2) is 0 Å². The van der Waals surface area contributed by atoms with Crippen molar-refractivity contribution in [2.24, 2.45) is 0 Å². The van der Waals surface area contributed by atoms with Gasteiger partial charge in [-0.3, -0.25) is 14.5 Å². The van der Waals surface area contributed by atoms with Gasteiger partial charge in [-0.1, -0.05) is 11.6 Å². The van der Waals surface area contributed by atoms with Crippen LogP contribution in [0.1, 0.15) is 15.9 Å². The Morgan fingerprint density at radius 2 is 2.22 bits per heavy atom. The summed E-state index contributed by atoms with van der Waals surface area (Å²) >= 11 is 0. The molecule has 1 heterocycles. The smallest absolute Gasteiger partial charge is 0.317 e. The summed E-state index contributed by atoms with van der Waals surface area (Å²) in [6, 6.07) is 4.45. The molecule has 1 aromatic carbocycles. The van der Waals surface area contributed by atoms with Gasteiger partial charge in [0.2, 0.25) is 0 Å². The maximum absolute atomic E-state index is 13.9. The van der Waals surface area contributed by atoms with E-state index in [0.717, 1.165) is 5.56 Å². The van der Waals surface area contributed by atoms with Crippen molar-refractivity contribution in [3.05, 3.63) is 35.1 Å². The Morgan fingerprint density at radius 1 is 1.48 bits per heavy atom. The summed E-state index contributed by atoms with van der Waals surface area (Å²) in [5, 5.41) is 8.77. The fourth-order valence-electron chi connectivity index (χ4n) is 2.63. The summed E-state index contributed by atoms with van der Waals surface area (Å²) in [6.07, 6.45) is -0.287. The number of rotatable bonds is 5. The lowest BCUT2D eigenvalue weighted by atomic mass is 10.1. The Morgan fingerprint density at radius 3 is 2.91 bits per heavy atom. The van der Waals surface area contributed by atoms with Crippen LogP contribution in [0.5, 0.6) is 0 Å². The molecule has 1 saturated heterocycles. The lowest BCUT2D eigenvalue weighted by Gasteiger charge is -2.34. The van der Waals surface area contributed by atoms with Gasteiger partial charge in [-0.25, -0.2) is 4.39 Å². The van der Waals surface area contributed by atoms with Gasteiger partial charge in [0.25, 0.3) is 5.91 Å². The zero-order valence-electron chi connectivity index (χ0n) is 13.3. The number of morpholine rings is 1. The molecule has 1 aliphatic rings. The van der Waals surface area contributed by atoms with Crippen molar-refractivity contribution in [1.82, 2.24) is 9.80 Å². The number of ether oxygens (including phenoxy) is 1. The highest BCUT2D eigenvalue weighted by molar-refractivity contribution is 5.94. The van der Waals surface area contributed by atoms with Crippen LogP contribution in [0, 0.1) is 12.7 Å². The zero-order chi connectivity index (χ0) is 17.0. The Hall–Kier alpha value is -1.99. The number of aryl methyl sites for hydroxylation is 1. The summed E-state index contributed by atoms with van der Waals surface area (Å²) in [4.78, 5) is 26.4. The van der Waals surface area contributed by atoms with E-state index in [1.807, 2.05) is 0 Å². The van der Waals surface area contributed by atoms with E-state index in [1.165, 1.54) is 6.07 Å². The van der Waals surface area contributed by atoms with Crippen LogP contribution in [-0.2, 0) is 9.53 Å². The molecule has 0 aromatic heterocycles. The molecule has 7 heteroatoms. The number of aliphatic carboxylic acids is 1. The first-order chi connectivity index (χ1) is 10.9. The Kier molecular flexibility index (Phi) is 5.68. The number of carbonyl (C=O) groups is 2. The first-order valence-corrected chi connectivity index (χ1v) is 7.44. The molecule has 0 radical (unpaired) electrons. The third-order valence-corrected chi connectivity index (χ3v) is 3.70. The molecular formula is C16H21FN2O4. The van der Waals surface area contributed by atoms with Crippen molar-refractivity contribution in [2.75, 3.05) is 39.8 Å². The first-order valence-electron chi connectivity index (χ1n) is 7.44. The molecule has 126 valence electrons. The van der Waals surface area contributed by atoms with Crippen molar-refractivity contribution in [1.29, 1.82) is 0 Å². The van der Waals surface area contributed by atoms with E-state index >= 15 is 0 Å². The normalized spacial score (nSPS) is 18.3. The molecular weight excluding hydrogens is 303 g/mol. The minimum absolute atomic E-state index is 0.0598. The summed E-state index contributed by atoms with van der Waals surface area (Å²) in [5.41, 5.74) is 0.880. The van der Waals surface area contributed by atoms with E-state index < -0.39 is 11.8 Å². The number of likely N-dealkylation sites (N-methyl/N-ethyl adjacent to an activating group) is 1. The van der Waals surface area contributed by atoms with E-state index in [0.29, 0.717) is 26.2 Å². The summed E-state index contributed by atoms with van der Waals surface area (Å²) in [6.45, 7) is 3.16. The topological polar surface area (TPSA) is 70.1 Å². The fraction of sp³-hybridized carbons (Fsp3) is 0.500. The highest BCUT2D eigenvalue weighted by atomic mass is 19.1. The molecule has 1 aromatic rings. The predicted octanol–water partition coefficient (Wildman–Crippen LogP) is 0.992. The molecule has 1 fully saturated rings. The Balaban J connectivity index is 2.01. The fourth-order valence-corrected chi connectivity index (χ4v) is 2.63. The van der Waals surface area contributed by atoms with Gasteiger partial charge in [-0.15, -0.1) is 0 Å². The molecule has 0 spiro atoms. The largest absolute Gasteiger partial charge is 0.480 e. The quantitative estimate of drug-likeness (QED) is 0.875. The highest BCUT2D eigenvalue weighted by Gasteiger charge is 2.27. The van der Waals surface area contributed by atoms with Gasteiger partial charge < -0.3 is 14.7 Å². The number of nitrogens with zero attached hydrogens (tertiary/aromatic N) is 2. The predicted molar refractivity (Wildman–Crippen MR) is 81.9 cm³/mol. The number of amides is 1. The van der Waals surface area contributed by atoms with Crippen LogP contribution in [0.2, 0.25) is 0 Å². The summed E-state index contributed by atoms with van der Waals surface area (Å²) < 4.78 is 19.5.